The molecule has 0 N–H and O–H groups in total. The van der Waals surface area contributed by atoms with Gasteiger partial charge in [-0.25, -0.2) is 0 Å². The zero-order valence-electron chi connectivity index (χ0n) is 4.88. The number of halogens is 1. The Hall–Kier alpha value is -0.470. The molecule has 11 heteroatoms. The predicted molar refractivity (Wildman–Crippen MR) is 23.8 cm³/mol. The molecule has 0 aliphatic rings. The number of rotatable bonds is 0. The Morgan fingerprint density at radius 1 is 0.182 bits per heavy atom. The van der Waals surface area contributed by atoms with E-state index in [2.05, 4.69) is 0 Å². The van der Waals surface area contributed by atoms with Crippen molar-refractivity contribution in [1.82, 2.24) is 61.5 Å². The molecule has 0 saturated carbocycles. The van der Waals surface area contributed by atoms with Crippen LogP contribution in [0.3, 0.4) is 0 Å². The quantitative estimate of drug-likeness (QED) is 0.322. The highest BCUT2D eigenvalue weighted by Gasteiger charge is 0.00904. The summed E-state index contributed by atoms with van der Waals surface area (Å²) in [6, 6.07) is 0. The van der Waals surface area contributed by atoms with Crippen molar-refractivity contribution in [2.24, 2.45) is 0 Å². The summed E-state index contributed by atoms with van der Waals surface area (Å²) in [4.78, 5) is 0. The molecule has 0 amide bonds. The van der Waals surface area contributed by atoms with Gasteiger partial charge in [0.1, 0.15) is 0 Å². The average Bonchev–Trinajstić information content (AvgIpc) is 0. The first-order valence-electron chi connectivity index (χ1n) is 0. The van der Waals surface area contributed by atoms with Crippen LogP contribution in [0, 0.1) is 0 Å². The van der Waals surface area contributed by atoms with Crippen molar-refractivity contribution in [3.05, 3.63) is 0 Å². The van der Waals surface area contributed by atoms with E-state index in [0.717, 1.165) is 0 Å². The minimum atomic E-state index is 0. The molecule has 0 aromatic heterocycles. The molecular formula is HFN10. The van der Waals surface area contributed by atoms with Gasteiger partial charge in [-0.2, -0.15) is 0 Å². The summed E-state index contributed by atoms with van der Waals surface area (Å²) >= 11 is 0. The van der Waals surface area contributed by atoms with Gasteiger partial charge in [0.25, 0.3) is 0 Å². The lowest BCUT2D eigenvalue weighted by atomic mass is 14.0. The van der Waals surface area contributed by atoms with E-state index in [9.17, 15) is 0 Å². The maximum atomic E-state index is 0. The first kappa shape index (κ1) is 4330. The van der Waals surface area contributed by atoms with Crippen molar-refractivity contribution in [3.63, 3.8) is 0 Å². The molecular weight excluding hydrogens is 159 g/mol. The van der Waals surface area contributed by atoms with Crippen LogP contribution in [0.1, 0.15) is 0 Å². The number of hydrogen-bond acceptors (Lipinski definition) is 0. The SMILES string of the molecule is F.[N].[N].[N].[N].[N].[N].[N].[N].[N].[N]. The second kappa shape index (κ2) is 3140. The third-order valence-corrected chi connectivity index (χ3v) is 0. The van der Waals surface area contributed by atoms with E-state index in [1.165, 1.54) is 0 Å². The molecule has 30 radical (unpaired) electrons. The van der Waals surface area contributed by atoms with Gasteiger partial charge in [-0.3, -0.25) is 4.70 Å². The lowest BCUT2D eigenvalue weighted by molar-refractivity contribution is 1.11. The summed E-state index contributed by atoms with van der Waals surface area (Å²) in [7, 11) is 0. The van der Waals surface area contributed by atoms with Crippen molar-refractivity contribution in [2.75, 3.05) is 0 Å². The van der Waals surface area contributed by atoms with Gasteiger partial charge in [-0.05, 0) is 0 Å². The summed E-state index contributed by atoms with van der Waals surface area (Å²) in [6.45, 7) is 0. The molecule has 0 aliphatic heterocycles. The van der Waals surface area contributed by atoms with Crippen molar-refractivity contribution in [1.29, 1.82) is 0 Å². The molecule has 0 fully saturated rings. The molecule has 11 heavy (non-hydrogen) atoms. The van der Waals surface area contributed by atoms with E-state index in [1.807, 2.05) is 0 Å². The van der Waals surface area contributed by atoms with Gasteiger partial charge >= 0.3 is 0 Å². The molecule has 58 valence electrons. The second-order valence-corrected chi connectivity index (χ2v) is 0. The molecule has 0 aromatic rings. The second-order valence-electron chi connectivity index (χ2n) is 0. The highest BCUT2D eigenvalue weighted by molar-refractivity contribution is 2.14. The molecule has 0 aliphatic carbocycles. The van der Waals surface area contributed by atoms with Gasteiger partial charge in [-0.15, -0.1) is 0 Å². The zero-order valence-corrected chi connectivity index (χ0v) is 4.88. The molecule has 0 bridgehead atoms. The summed E-state index contributed by atoms with van der Waals surface area (Å²) in [5.41, 5.74) is 0. The van der Waals surface area contributed by atoms with Gasteiger partial charge in [0.05, 0.1) is 0 Å². The molecule has 0 saturated heterocycles. The minimum Gasteiger partial charge on any atom is -0.269 e. The van der Waals surface area contributed by atoms with E-state index in [-0.39, 0.29) is 66.2 Å². The fourth-order valence-electron chi connectivity index (χ4n) is 0. The fraction of sp³-hybridized carbons (Fsp3) is 0. The summed E-state index contributed by atoms with van der Waals surface area (Å²) in [6.07, 6.45) is 0. The molecule has 0 spiro atoms. The Bertz CT molecular complexity index is 4.83. The highest BCUT2D eigenvalue weighted by atomic mass is 19.0. The van der Waals surface area contributed by atoms with Gasteiger partial charge in [0.15, 0.2) is 0 Å². The monoisotopic (exact) mass is 160 g/mol. The van der Waals surface area contributed by atoms with E-state index in [1.54, 1.807) is 0 Å². The third-order valence-electron chi connectivity index (χ3n) is 0. The normalized spacial score (nSPS) is 0. The molecule has 0 heterocycles. The van der Waals surface area contributed by atoms with E-state index >= 15 is 0 Å². The van der Waals surface area contributed by atoms with Crippen LogP contribution in [0.2, 0.25) is 0 Å². The minimum absolute atomic E-state index is 0. The van der Waals surface area contributed by atoms with E-state index < -0.39 is 0 Å². The van der Waals surface area contributed by atoms with E-state index in [4.69, 9.17) is 0 Å². The van der Waals surface area contributed by atoms with Crippen LogP contribution in [0.5, 0.6) is 0 Å². The van der Waals surface area contributed by atoms with Crippen LogP contribution < -0.4 is 61.5 Å². The van der Waals surface area contributed by atoms with Crippen LogP contribution in [0.25, 0.3) is 0 Å². The Morgan fingerprint density at radius 3 is 0.182 bits per heavy atom. The van der Waals surface area contributed by atoms with Crippen molar-refractivity contribution >= 4 is 0 Å². The number of hydrogen-bond donors (Lipinski definition) is 0. The van der Waals surface area contributed by atoms with Crippen LogP contribution in [0.15, 0.2) is 0 Å². The zero-order chi connectivity index (χ0) is 0. The maximum Gasteiger partial charge on any atom is 0 e. The molecule has 0 unspecified atom stereocenters. The standard InChI is InChI=1S/FH.10N/h1H;;;;;;;;;;. The van der Waals surface area contributed by atoms with E-state index in [0.29, 0.717) is 0 Å². The summed E-state index contributed by atoms with van der Waals surface area (Å²) in [5.74, 6) is 0. The van der Waals surface area contributed by atoms with Gasteiger partial charge < -0.3 is 0 Å². The van der Waals surface area contributed by atoms with Crippen molar-refractivity contribution < 1.29 is 4.70 Å². The van der Waals surface area contributed by atoms with Crippen LogP contribution >= 0.6 is 0 Å². The maximum absolute atomic E-state index is 0. The average molecular weight is 160 g/mol. The van der Waals surface area contributed by atoms with Crippen LogP contribution in [-0.4, -0.2) is 0 Å². The van der Waals surface area contributed by atoms with Crippen LogP contribution in [-0.2, 0) is 0 Å². The first-order chi connectivity index (χ1) is 0. The lowest BCUT2D eigenvalue weighted by Gasteiger charge is -0.269. The van der Waals surface area contributed by atoms with Gasteiger partial charge in [0, 0.05) is 61.5 Å². The number of nitrogens with zero attached hydrogens (tertiary/aromatic N) is 10. The summed E-state index contributed by atoms with van der Waals surface area (Å²) < 4.78 is 0. The van der Waals surface area contributed by atoms with Crippen molar-refractivity contribution in [3.8, 4) is 0 Å². The third kappa shape index (κ3) is 2450. The van der Waals surface area contributed by atoms with Gasteiger partial charge in [0.2, 0.25) is 0 Å². The molecule has 0 atom stereocenters. The largest absolute Gasteiger partial charge is 0.269 e. The lowest BCUT2D eigenvalue weighted by Crippen LogP contribution is -0.482. The Kier molecular flexibility index (Phi) is 1240000. The Morgan fingerprint density at radius 2 is 0.182 bits per heavy atom. The van der Waals surface area contributed by atoms with Crippen molar-refractivity contribution in [2.45, 2.75) is 0 Å². The Balaban J connectivity index is 0. The molecule has 10 nitrogen and oxygen atoms in total. The van der Waals surface area contributed by atoms with Gasteiger partial charge in [-0.1, -0.05) is 0 Å². The highest BCUT2D eigenvalue weighted by Crippen LogP contribution is 0.420. The smallest absolute Gasteiger partial charge is 0 e. The molecule has 0 aromatic carbocycles. The molecule has 0 rings (SSSR count). The topological polar surface area (TPSA) is 305 Å². The summed E-state index contributed by atoms with van der Waals surface area (Å²) in [5, 5.41) is 0. The first-order valence-corrected chi connectivity index (χ1v) is 0. The predicted octanol–water partition coefficient (Wildman–Crippen LogP) is -4.65. The Labute approximate surface area is 67.5 Å². The van der Waals surface area contributed by atoms with Crippen LogP contribution in [0.4, 0.5) is 4.70 Å². The fourth-order valence-corrected chi connectivity index (χ4v) is 0.